The van der Waals surface area contributed by atoms with Gasteiger partial charge in [-0.05, 0) is 52.6 Å². The summed E-state index contributed by atoms with van der Waals surface area (Å²) in [5.41, 5.74) is 6.93. The Hall–Kier alpha value is -1.93. The van der Waals surface area contributed by atoms with E-state index in [1.165, 1.54) is 11.3 Å². The van der Waals surface area contributed by atoms with Gasteiger partial charge in [0.2, 0.25) is 11.8 Å². The fraction of sp³-hybridized carbons (Fsp3) is 0.588. The Kier molecular flexibility index (Phi) is 6.18. The van der Waals surface area contributed by atoms with Gasteiger partial charge in [-0.1, -0.05) is 0 Å². The maximum absolute atomic E-state index is 12.5. The van der Waals surface area contributed by atoms with E-state index in [0.717, 1.165) is 29.7 Å². The molecule has 0 spiro atoms. The molecule has 1 atom stereocenters. The van der Waals surface area contributed by atoms with Crippen molar-refractivity contribution >= 4 is 34.1 Å². The molecule has 0 saturated carbocycles. The number of fused-ring (bicyclic) bond motifs is 1. The van der Waals surface area contributed by atoms with Crippen molar-refractivity contribution in [2.75, 3.05) is 18.9 Å². The zero-order valence-electron chi connectivity index (χ0n) is 15.1. The number of nitrogens with one attached hydrogen (secondary N) is 2. The van der Waals surface area contributed by atoms with E-state index in [2.05, 4.69) is 10.6 Å². The summed E-state index contributed by atoms with van der Waals surface area (Å²) >= 11 is 1.43. The topological polar surface area (TPSA) is 105 Å². The van der Waals surface area contributed by atoms with Gasteiger partial charge < -0.3 is 16.4 Å². The number of nitrogens with two attached hydrogens (primary N) is 1. The Morgan fingerprint density at radius 2 is 1.92 bits per heavy atom. The third kappa shape index (κ3) is 4.58. The normalized spacial score (nSPS) is 14.5. The minimum absolute atomic E-state index is 0.0525. The zero-order valence-corrected chi connectivity index (χ0v) is 16.0. The first-order chi connectivity index (χ1) is 11.7. The molecule has 0 bridgehead atoms. The SMILES string of the molecule is CC(C)NC(=O)CN(C)C(C)C(=O)Nc1sc2c(c1C(N)=O)CCC2. The van der Waals surface area contributed by atoms with Crippen molar-refractivity contribution in [3.05, 3.63) is 16.0 Å². The smallest absolute Gasteiger partial charge is 0.251 e. The highest BCUT2D eigenvalue weighted by Crippen LogP contribution is 2.38. The van der Waals surface area contributed by atoms with Gasteiger partial charge in [0.15, 0.2) is 0 Å². The molecule has 2 rings (SSSR count). The molecule has 8 heteroatoms. The van der Waals surface area contributed by atoms with Crippen LogP contribution in [-0.2, 0) is 22.4 Å². The number of anilines is 1. The van der Waals surface area contributed by atoms with Crippen molar-refractivity contribution in [1.82, 2.24) is 10.2 Å². The molecule has 138 valence electrons. The molecule has 1 unspecified atom stereocenters. The molecule has 1 aromatic rings. The molecule has 4 N–H and O–H groups in total. The number of carbonyl (C=O) groups is 3. The zero-order chi connectivity index (χ0) is 18.7. The van der Waals surface area contributed by atoms with E-state index in [-0.39, 0.29) is 24.4 Å². The van der Waals surface area contributed by atoms with Crippen LogP contribution in [0.5, 0.6) is 0 Å². The first-order valence-electron chi connectivity index (χ1n) is 8.45. The standard InChI is InChI=1S/C17H26N4O3S/c1-9(2)19-13(22)8-21(4)10(3)16(24)20-17-14(15(18)23)11-6-5-7-12(11)25-17/h9-10H,5-8H2,1-4H3,(H2,18,23)(H,19,22)(H,20,24). The van der Waals surface area contributed by atoms with Crippen LogP contribution in [0.4, 0.5) is 5.00 Å². The number of aryl methyl sites for hydroxylation is 1. The molecule has 1 heterocycles. The molecule has 1 aliphatic rings. The molecule has 0 aliphatic heterocycles. The second kappa shape index (κ2) is 7.97. The minimum Gasteiger partial charge on any atom is -0.365 e. The molecule has 1 aliphatic carbocycles. The molecule has 1 aromatic heterocycles. The summed E-state index contributed by atoms with van der Waals surface area (Å²) in [6, 6.07) is -0.466. The lowest BCUT2D eigenvalue weighted by atomic mass is 10.1. The van der Waals surface area contributed by atoms with Crippen LogP contribution < -0.4 is 16.4 Å². The Morgan fingerprint density at radius 3 is 2.52 bits per heavy atom. The van der Waals surface area contributed by atoms with Gasteiger partial charge in [-0.15, -0.1) is 11.3 Å². The Balaban J connectivity index is 2.04. The van der Waals surface area contributed by atoms with E-state index in [0.29, 0.717) is 10.6 Å². The quantitative estimate of drug-likeness (QED) is 0.672. The van der Waals surface area contributed by atoms with E-state index in [4.69, 9.17) is 5.73 Å². The molecule has 0 fully saturated rings. The van der Waals surface area contributed by atoms with Crippen LogP contribution in [-0.4, -0.2) is 48.3 Å². The lowest BCUT2D eigenvalue weighted by Crippen LogP contribution is -2.46. The second-order valence-corrected chi connectivity index (χ2v) is 7.83. The van der Waals surface area contributed by atoms with Crippen molar-refractivity contribution < 1.29 is 14.4 Å². The van der Waals surface area contributed by atoms with Crippen molar-refractivity contribution in [1.29, 1.82) is 0 Å². The van der Waals surface area contributed by atoms with Crippen LogP contribution in [0.3, 0.4) is 0 Å². The molecular weight excluding hydrogens is 340 g/mol. The average molecular weight is 366 g/mol. The first-order valence-corrected chi connectivity index (χ1v) is 9.27. The average Bonchev–Trinajstić information content (AvgIpc) is 3.04. The van der Waals surface area contributed by atoms with Crippen molar-refractivity contribution in [2.45, 2.75) is 52.1 Å². The van der Waals surface area contributed by atoms with Gasteiger partial charge in [-0.3, -0.25) is 19.3 Å². The van der Waals surface area contributed by atoms with Crippen LogP contribution in [0.15, 0.2) is 0 Å². The lowest BCUT2D eigenvalue weighted by molar-refractivity contribution is -0.125. The number of primary amides is 1. The van der Waals surface area contributed by atoms with E-state index >= 15 is 0 Å². The molecular formula is C17H26N4O3S. The fourth-order valence-electron chi connectivity index (χ4n) is 2.90. The number of amides is 3. The molecule has 25 heavy (non-hydrogen) atoms. The molecule has 3 amide bonds. The first kappa shape index (κ1) is 19.4. The van der Waals surface area contributed by atoms with Crippen molar-refractivity contribution in [3.63, 3.8) is 0 Å². The molecule has 7 nitrogen and oxygen atoms in total. The number of hydrogen-bond acceptors (Lipinski definition) is 5. The number of rotatable bonds is 7. The molecule has 0 radical (unpaired) electrons. The van der Waals surface area contributed by atoms with Crippen LogP contribution in [0, 0.1) is 0 Å². The number of nitrogens with zero attached hydrogens (tertiary/aromatic N) is 1. The van der Waals surface area contributed by atoms with Crippen LogP contribution in [0.2, 0.25) is 0 Å². The van der Waals surface area contributed by atoms with Gasteiger partial charge in [-0.2, -0.15) is 0 Å². The van der Waals surface area contributed by atoms with Gasteiger partial charge in [0, 0.05) is 10.9 Å². The van der Waals surface area contributed by atoms with Gasteiger partial charge in [0.25, 0.3) is 5.91 Å². The summed E-state index contributed by atoms with van der Waals surface area (Å²) in [6.45, 7) is 5.62. The molecule has 0 saturated heterocycles. The second-order valence-electron chi connectivity index (χ2n) is 6.73. The van der Waals surface area contributed by atoms with Crippen LogP contribution in [0.25, 0.3) is 0 Å². The van der Waals surface area contributed by atoms with E-state index < -0.39 is 11.9 Å². The predicted molar refractivity (Wildman–Crippen MR) is 98.9 cm³/mol. The summed E-state index contributed by atoms with van der Waals surface area (Å²) in [7, 11) is 1.72. The maximum atomic E-state index is 12.5. The summed E-state index contributed by atoms with van der Waals surface area (Å²) in [5.74, 6) is -0.903. The number of thiophene rings is 1. The van der Waals surface area contributed by atoms with Gasteiger partial charge >= 0.3 is 0 Å². The number of likely N-dealkylation sites (N-methyl/N-ethyl adjacent to an activating group) is 1. The highest BCUT2D eigenvalue weighted by Gasteiger charge is 2.28. The summed E-state index contributed by atoms with van der Waals surface area (Å²) in [6.07, 6.45) is 2.76. The largest absolute Gasteiger partial charge is 0.365 e. The Labute approximate surface area is 151 Å². The maximum Gasteiger partial charge on any atom is 0.251 e. The predicted octanol–water partition coefficient (Wildman–Crippen LogP) is 1.12. The highest BCUT2D eigenvalue weighted by atomic mass is 32.1. The van der Waals surface area contributed by atoms with E-state index in [1.54, 1.807) is 18.9 Å². The minimum atomic E-state index is -0.518. The van der Waals surface area contributed by atoms with Crippen LogP contribution >= 0.6 is 11.3 Å². The Morgan fingerprint density at radius 1 is 1.24 bits per heavy atom. The lowest BCUT2D eigenvalue weighted by Gasteiger charge is -2.23. The van der Waals surface area contributed by atoms with Crippen molar-refractivity contribution in [3.8, 4) is 0 Å². The van der Waals surface area contributed by atoms with Gasteiger partial charge in [-0.25, -0.2) is 0 Å². The van der Waals surface area contributed by atoms with E-state index in [9.17, 15) is 14.4 Å². The number of hydrogen-bond donors (Lipinski definition) is 3. The van der Waals surface area contributed by atoms with Crippen molar-refractivity contribution in [2.24, 2.45) is 5.73 Å². The third-order valence-corrected chi connectivity index (χ3v) is 5.49. The third-order valence-electron chi connectivity index (χ3n) is 4.29. The van der Waals surface area contributed by atoms with Gasteiger partial charge in [0.1, 0.15) is 5.00 Å². The summed E-state index contributed by atoms with van der Waals surface area (Å²) < 4.78 is 0. The Bertz CT molecular complexity index is 684. The monoisotopic (exact) mass is 366 g/mol. The fourth-order valence-corrected chi connectivity index (χ4v) is 4.20. The van der Waals surface area contributed by atoms with E-state index in [1.807, 2.05) is 13.8 Å². The summed E-state index contributed by atoms with van der Waals surface area (Å²) in [5, 5.41) is 6.14. The molecule has 0 aromatic carbocycles. The van der Waals surface area contributed by atoms with Crippen LogP contribution in [0.1, 0.15) is 48.0 Å². The summed E-state index contributed by atoms with van der Waals surface area (Å²) in [4.78, 5) is 39.0. The van der Waals surface area contributed by atoms with Gasteiger partial charge in [0.05, 0.1) is 18.2 Å². The highest BCUT2D eigenvalue weighted by molar-refractivity contribution is 7.17. The number of carbonyl (C=O) groups excluding carboxylic acids is 3.